The Morgan fingerprint density at radius 1 is 1.08 bits per heavy atom. The van der Waals surface area contributed by atoms with E-state index in [1.54, 1.807) is 18.2 Å². The van der Waals surface area contributed by atoms with Crippen LogP contribution in [-0.2, 0) is 0 Å². The van der Waals surface area contributed by atoms with Crippen LogP contribution in [0.3, 0.4) is 0 Å². The molecule has 1 aliphatic heterocycles. The predicted octanol–water partition coefficient (Wildman–Crippen LogP) is 3.41. The van der Waals surface area contributed by atoms with E-state index < -0.39 is 0 Å². The summed E-state index contributed by atoms with van der Waals surface area (Å²) < 4.78 is 0. The van der Waals surface area contributed by atoms with Gasteiger partial charge in [0.25, 0.3) is 11.8 Å². The van der Waals surface area contributed by atoms with Gasteiger partial charge in [-0.2, -0.15) is 0 Å². The van der Waals surface area contributed by atoms with Crippen molar-refractivity contribution in [2.75, 3.05) is 38.0 Å². The second-order valence-corrected chi connectivity index (χ2v) is 7.91. The fourth-order valence-corrected chi connectivity index (χ4v) is 3.81. The highest BCUT2D eigenvalue weighted by Crippen LogP contribution is 2.20. The van der Waals surface area contributed by atoms with Gasteiger partial charge in [0.05, 0.1) is 16.1 Å². The molecule has 1 N–H and O–H groups in total. The van der Waals surface area contributed by atoms with Crippen molar-refractivity contribution in [2.24, 2.45) is 5.92 Å². The fraction of sp³-hybridized carbons (Fsp3) is 0.400. The van der Waals surface area contributed by atoms with E-state index in [2.05, 4.69) is 24.1 Å². The largest absolute Gasteiger partial charge is 0.336 e. The Balaban J connectivity index is 1.68. The number of benzene rings is 1. The molecule has 0 unspecified atom stereocenters. The molecule has 2 amide bonds. The summed E-state index contributed by atoms with van der Waals surface area (Å²) in [6, 6.07) is 10.9. The molecular formula is C20H25N3O2S. The van der Waals surface area contributed by atoms with Gasteiger partial charge in [0.1, 0.15) is 0 Å². The van der Waals surface area contributed by atoms with Crippen LogP contribution in [0.1, 0.15) is 33.9 Å². The van der Waals surface area contributed by atoms with E-state index in [1.165, 1.54) is 11.3 Å². The molecule has 3 rings (SSSR count). The van der Waals surface area contributed by atoms with Crippen LogP contribution in [0.15, 0.2) is 41.8 Å². The molecule has 2 heterocycles. The highest BCUT2D eigenvalue weighted by Gasteiger charge is 2.24. The number of nitrogens with zero attached hydrogens (tertiary/aromatic N) is 2. The molecule has 1 aromatic heterocycles. The van der Waals surface area contributed by atoms with Crippen LogP contribution >= 0.6 is 11.3 Å². The fourth-order valence-electron chi connectivity index (χ4n) is 3.19. The van der Waals surface area contributed by atoms with Gasteiger partial charge >= 0.3 is 0 Å². The first-order chi connectivity index (χ1) is 12.5. The van der Waals surface area contributed by atoms with Crippen molar-refractivity contribution in [3.05, 3.63) is 52.2 Å². The van der Waals surface area contributed by atoms with Gasteiger partial charge in [0.2, 0.25) is 0 Å². The van der Waals surface area contributed by atoms with E-state index in [0.29, 0.717) is 22.0 Å². The Bertz CT molecular complexity index is 750. The first-order valence-electron chi connectivity index (χ1n) is 9.00. The van der Waals surface area contributed by atoms with Gasteiger partial charge in [0, 0.05) is 32.7 Å². The third kappa shape index (κ3) is 4.51. The molecule has 0 spiro atoms. The SMILES string of the molecule is CC(C)CN1CCN(C(=O)c2ccccc2NC(=O)c2cccs2)CC1. The average Bonchev–Trinajstić information content (AvgIpc) is 3.17. The van der Waals surface area contributed by atoms with Crippen molar-refractivity contribution in [3.8, 4) is 0 Å². The van der Waals surface area contributed by atoms with E-state index in [9.17, 15) is 9.59 Å². The zero-order valence-corrected chi connectivity index (χ0v) is 16.1. The molecule has 0 atom stereocenters. The average molecular weight is 372 g/mol. The number of carbonyl (C=O) groups excluding carboxylic acids is 2. The minimum absolute atomic E-state index is 0.0173. The highest BCUT2D eigenvalue weighted by molar-refractivity contribution is 7.12. The van der Waals surface area contributed by atoms with Gasteiger partial charge in [-0.25, -0.2) is 0 Å². The monoisotopic (exact) mass is 371 g/mol. The first-order valence-corrected chi connectivity index (χ1v) is 9.88. The maximum Gasteiger partial charge on any atom is 0.265 e. The molecule has 1 aliphatic rings. The second kappa shape index (κ2) is 8.47. The molecule has 1 saturated heterocycles. The lowest BCUT2D eigenvalue weighted by molar-refractivity contribution is 0.0625. The van der Waals surface area contributed by atoms with E-state index in [-0.39, 0.29) is 11.8 Å². The molecule has 0 saturated carbocycles. The number of carbonyl (C=O) groups is 2. The van der Waals surface area contributed by atoms with Crippen LogP contribution in [0.25, 0.3) is 0 Å². The zero-order chi connectivity index (χ0) is 18.5. The van der Waals surface area contributed by atoms with Crippen molar-refractivity contribution in [3.63, 3.8) is 0 Å². The number of nitrogens with one attached hydrogen (secondary N) is 1. The van der Waals surface area contributed by atoms with E-state index in [0.717, 1.165) is 32.7 Å². The summed E-state index contributed by atoms with van der Waals surface area (Å²) in [5.41, 5.74) is 1.12. The molecule has 6 heteroatoms. The summed E-state index contributed by atoms with van der Waals surface area (Å²) >= 11 is 1.38. The number of piperazine rings is 1. The van der Waals surface area contributed by atoms with Crippen molar-refractivity contribution >= 4 is 28.8 Å². The summed E-state index contributed by atoms with van der Waals surface area (Å²) in [6.45, 7) is 8.72. The molecule has 5 nitrogen and oxygen atoms in total. The number of amides is 2. The molecule has 0 radical (unpaired) electrons. The number of thiophene rings is 1. The predicted molar refractivity (Wildman–Crippen MR) is 106 cm³/mol. The number of para-hydroxylation sites is 1. The van der Waals surface area contributed by atoms with Gasteiger partial charge in [0.15, 0.2) is 0 Å². The third-order valence-electron chi connectivity index (χ3n) is 4.43. The maximum atomic E-state index is 13.0. The Morgan fingerprint density at radius 3 is 2.46 bits per heavy atom. The molecule has 26 heavy (non-hydrogen) atoms. The summed E-state index contributed by atoms with van der Waals surface area (Å²) in [5.74, 6) is 0.434. The second-order valence-electron chi connectivity index (χ2n) is 6.96. The summed E-state index contributed by atoms with van der Waals surface area (Å²) in [5, 5.41) is 4.75. The summed E-state index contributed by atoms with van der Waals surface area (Å²) in [4.78, 5) is 30.2. The van der Waals surface area contributed by atoms with Crippen LogP contribution in [0, 0.1) is 5.92 Å². The lowest BCUT2D eigenvalue weighted by Gasteiger charge is -2.35. The molecule has 0 aliphatic carbocycles. The van der Waals surface area contributed by atoms with Gasteiger partial charge in [-0.15, -0.1) is 11.3 Å². The summed E-state index contributed by atoms with van der Waals surface area (Å²) in [7, 11) is 0. The maximum absolute atomic E-state index is 13.0. The number of hydrogen-bond acceptors (Lipinski definition) is 4. The van der Waals surface area contributed by atoms with Crippen LogP contribution in [0.4, 0.5) is 5.69 Å². The van der Waals surface area contributed by atoms with Crippen molar-refractivity contribution in [1.82, 2.24) is 9.80 Å². The molecule has 2 aromatic rings. The summed E-state index contributed by atoms with van der Waals surface area (Å²) in [6.07, 6.45) is 0. The molecular weight excluding hydrogens is 346 g/mol. The van der Waals surface area contributed by atoms with Crippen molar-refractivity contribution in [2.45, 2.75) is 13.8 Å². The Hall–Kier alpha value is -2.18. The Morgan fingerprint density at radius 2 is 1.81 bits per heavy atom. The minimum Gasteiger partial charge on any atom is -0.336 e. The smallest absolute Gasteiger partial charge is 0.265 e. The Kier molecular flexibility index (Phi) is 6.06. The van der Waals surface area contributed by atoms with Gasteiger partial charge in [-0.05, 0) is 29.5 Å². The topological polar surface area (TPSA) is 52.6 Å². The normalized spacial score (nSPS) is 15.3. The Labute approximate surface area is 158 Å². The molecule has 0 bridgehead atoms. The van der Waals surface area contributed by atoms with Crippen LogP contribution < -0.4 is 5.32 Å². The minimum atomic E-state index is -0.179. The van der Waals surface area contributed by atoms with Gasteiger partial charge in [-0.3, -0.25) is 14.5 Å². The van der Waals surface area contributed by atoms with Gasteiger partial charge < -0.3 is 10.2 Å². The van der Waals surface area contributed by atoms with Gasteiger partial charge in [-0.1, -0.05) is 32.0 Å². The lowest BCUT2D eigenvalue weighted by Crippen LogP contribution is -2.49. The van der Waals surface area contributed by atoms with Crippen LogP contribution in [-0.4, -0.2) is 54.3 Å². The highest BCUT2D eigenvalue weighted by atomic mass is 32.1. The quantitative estimate of drug-likeness (QED) is 0.876. The number of rotatable bonds is 5. The molecule has 138 valence electrons. The van der Waals surface area contributed by atoms with Crippen molar-refractivity contribution in [1.29, 1.82) is 0 Å². The third-order valence-corrected chi connectivity index (χ3v) is 5.30. The molecule has 1 fully saturated rings. The van der Waals surface area contributed by atoms with E-state index in [4.69, 9.17) is 0 Å². The standard InChI is InChI=1S/C20H25N3O2S/c1-15(2)14-22-9-11-23(12-10-22)20(25)16-6-3-4-7-17(16)21-19(24)18-8-5-13-26-18/h3-8,13,15H,9-12,14H2,1-2H3,(H,21,24). The van der Waals surface area contributed by atoms with Crippen LogP contribution in [0.2, 0.25) is 0 Å². The number of hydrogen-bond donors (Lipinski definition) is 1. The molecule has 1 aromatic carbocycles. The lowest BCUT2D eigenvalue weighted by atomic mass is 10.1. The van der Waals surface area contributed by atoms with Crippen molar-refractivity contribution < 1.29 is 9.59 Å². The van der Waals surface area contributed by atoms with E-state index >= 15 is 0 Å². The zero-order valence-electron chi connectivity index (χ0n) is 15.3. The van der Waals surface area contributed by atoms with E-state index in [1.807, 2.05) is 28.5 Å². The number of anilines is 1. The van der Waals surface area contributed by atoms with Crippen LogP contribution in [0.5, 0.6) is 0 Å². The first kappa shape index (κ1) is 18.6.